The lowest BCUT2D eigenvalue weighted by atomic mass is 10.0. The molecular weight excluding hydrogens is 293 g/mol. The summed E-state index contributed by atoms with van der Waals surface area (Å²) in [7, 11) is 0. The van der Waals surface area contributed by atoms with Gasteiger partial charge in [0.05, 0.1) is 15.1 Å². The number of nitrogens with zero attached hydrogens (tertiary/aromatic N) is 2. The van der Waals surface area contributed by atoms with Crippen LogP contribution in [0.3, 0.4) is 0 Å². The van der Waals surface area contributed by atoms with E-state index in [1.165, 1.54) is 0 Å². The number of para-hydroxylation sites is 1. The Kier molecular flexibility index (Phi) is 2.90. The monoisotopic (exact) mass is 297 g/mol. The van der Waals surface area contributed by atoms with Gasteiger partial charge in [0, 0.05) is 11.1 Å². The smallest absolute Gasteiger partial charge is 0.120 e. The van der Waals surface area contributed by atoms with Gasteiger partial charge in [-0.3, -0.25) is 0 Å². The molecule has 0 aliphatic heterocycles. The fourth-order valence-corrected chi connectivity index (χ4v) is 2.46. The van der Waals surface area contributed by atoms with Crippen molar-refractivity contribution in [2.45, 2.75) is 0 Å². The molecule has 2 aromatic carbocycles. The van der Waals surface area contributed by atoms with E-state index in [0.717, 1.165) is 22.2 Å². The summed E-state index contributed by atoms with van der Waals surface area (Å²) in [6.45, 7) is 0. The fourth-order valence-electron chi connectivity index (χ4n) is 1.82. The van der Waals surface area contributed by atoms with Crippen molar-refractivity contribution in [1.29, 1.82) is 0 Å². The number of aromatic amines is 1. The van der Waals surface area contributed by atoms with Crippen LogP contribution in [0.4, 0.5) is 0 Å². The standard InChI is InChI=1S/C12H6Cl3N3/c13-8-5-4-6(10(14)11(8)15)7-2-1-3-9-12(7)17-18-16-9/h1-5H,(H,16,17,18). The third-order valence-electron chi connectivity index (χ3n) is 2.67. The molecule has 0 radical (unpaired) electrons. The van der Waals surface area contributed by atoms with Gasteiger partial charge >= 0.3 is 0 Å². The van der Waals surface area contributed by atoms with Gasteiger partial charge in [0.1, 0.15) is 11.0 Å². The molecule has 0 atom stereocenters. The Bertz CT molecular complexity index is 737. The maximum atomic E-state index is 6.23. The van der Waals surface area contributed by atoms with Gasteiger partial charge in [0.15, 0.2) is 0 Å². The Morgan fingerprint density at radius 3 is 2.50 bits per heavy atom. The van der Waals surface area contributed by atoms with Gasteiger partial charge in [-0.1, -0.05) is 53.0 Å². The quantitative estimate of drug-likeness (QED) is 0.668. The predicted molar refractivity (Wildman–Crippen MR) is 74.4 cm³/mol. The van der Waals surface area contributed by atoms with Crippen LogP contribution in [0.15, 0.2) is 30.3 Å². The average molecular weight is 299 g/mol. The van der Waals surface area contributed by atoms with E-state index in [1.807, 2.05) is 24.3 Å². The second-order valence-electron chi connectivity index (χ2n) is 3.72. The third-order valence-corrected chi connectivity index (χ3v) is 3.97. The van der Waals surface area contributed by atoms with Gasteiger partial charge in [-0.25, -0.2) is 0 Å². The summed E-state index contributed by atoms with van der Waals surface area (Å²) in [5, 5.41) is 11.9. The van der Waals surface area contributed by atoms with Crippen molar-refractivity contribution in [1.82, 2.24) is 15.4 Å². The summed E-state index contributed by atoms with van der Waals surface area (Å²) < 4.78 is 0. The van der Waals surface area contributed by atoms with Crippen LogP contribution in [-0.4, -0.2) is 15.4 Å². The average Bonchev–Trinajstić information content (AvgIpc) is 2.84. The second-order valence-corrected chi connectivity index (χ2v) is 4.88. The van der Waals surface area contributed by atoms with E-state index in [2.05, 4.69) is 15.4 Å². The highest BCUT2D eigenvalue weighted by Gasteiger charge is 2.14. The Hall–Kier alpha value is -1.29. The highest BCUT2D eigenvalue weighted by Crippen LogP contribution is 2.39. The number of rotatable bonds is 1. The topological polar surface area (TPSA) is 41.6 Å². The Morgan fingerprint density at radius 2 is 1.67 bits per heavy atom. The third kappa shape index (κ3) is 1.75. The maximum Gasteiger partial charge on any atom is 0.120 e. The minimum absolute atomic E-state index is 0.344. The molecule has 3 rings (SSSR count). The lowest BCUT2D eigenvalue weighted by Crippen LogP contribution is -1.84. The minimum atomic E-state index is 0.344. The lowest BCUT2D eigenvalue weighted by Gasteiger charge is -2.07. The zero-order valence-corrected chi connectivity index (χ0v) is 11.2. The van der Waals surface area contributed by atoms with Crippen molar-refractivity contribution in [2.24, 2.45) is 0 Å². The molecule has 1 N–H and O–H groups in total. The first-order valence-electron chi connectivity index (χ1n) is 5.12. The van der Waals surface area contributed by atoms with Gasteiger partial charge in [0.2, 0.25) is 0 Å². The summed E-state index contributed by atoms with van der Waals surface area (Å²) in [4.78, 5) is 0. The fraction of sp³-hybridized carbons (Fsp3) is 0. The summed E-state index contributed by atoms with van der Waals surface area (Å²) >= 11 is 18.2. The van der Waals surface area contributed by atoms with Gasteiger partial charge in [-0.05, 0) is 12.1 Å². The molecule has 0 amide bonds. The zero-order chi connectivity index (χ0) is 12.7. The maximum absolute atomic E-state index is 6.23. The van der Waals surface area contributed by atoms with E-state index in [-0.39, 0.29) is 0 Å². The molecule has 0 aliphatic rings. The van der Waals surface area contributed by atoms with E-state index in [4.69, 9.17) is 34.8 Å². The summed E-state index contributed by atoms with van der Waals surface area (Å²) in [6.07, 6.45) is 0. The first kappa shape index (κ1) is 11.8. The van der Waals surface area contributed by atoms with Crippen molar-refractivity contribution in [2.75, 3.05) is 0 Å². The van der Waals surface area contributed by atoms with Gasteiger partial charge in [-0.2, -0.15) is 15.4 Å². The van der Waals surface area contributed by atoms with Crippen LogP contribution < -0.4 is 0 Å². The van der Waals surface area contributed by atoms with Gasteiger partial charge in [0.25, 0.3) is 0 Å². The first-order chi connectivity index (χ1) is 8.68. The van der Waals surface area contributed by atoms with E-state index < -0.39 is 0 Å². The largest absolute Gasteiger partial charge is 0.197 e. The van der Waals surface area contributed by atoms with Crippen molar-refractivity contribution >= 4 is 45.8 Å². The molecule has 1 heterocycles. The van der Waals surface area contributed by atoms with Crippen LogP contribution in [0.25, 0.3) is 22.2 Å². The lowest BCUT2D eigenvalue weighted by molar-refractivity contribution is 0.959. The first-order valence-corrected chi connectivity index (χ1v) is 6.25. The highest BCUT2D eigenvalue weighted by molar-refractivity contribution is 6.49. The van der Waals surface area contributed by atoms with Crippen molar-refractivity contribution in [3.63, 3.8) is 0 Å². The Labute approximate surface area is 118 Å². The molecule has 3 nitrogen and oxygen atoms in total. The summed E-state index contributed by atoms with van der Waals surface area (Å²) in [5.41, 5.74) is 3.17. The molecule has 0 unspecified atom stereocenters. The van der Waals surface area contributed by atoms with E-state index in [0.29, 0.717) is 15.1 Å². The molecule has 0 saturated heterocycles. The predicted octanol–water partition coefficient (Wildman–Crippen LogP) is 4.59. The number of hydrogen-bond donors (Lipinski definition) is 1. The van der Waals surface area contributed by atoms with E-state index in [1.54, 1.807) is 6.07 Å². The van der Waals surface area contributed by atoms with Crippen LogP contribution in [0.2, 0.25) is 15.1 Å². The molecule has 3 aromatic rings. The van der Waals surface area contributed by atoms with Crippen LogP contribution in [0.1, 0.15) is 0 Å². The molecule has 18 heavy (non-hydrogen) atoms. The van der Waals surface area contributed by atoms with Crippen LogP contribution >= 0.6 is 34.8 Å². The molecule has 1 aromatic heterocycles. The number of hydrogen-bond acceptors (Lipinski definition) is 2. The van der Waals surface area contributed by atoms with Crippen molar-refractivity contribution in [3.05, 3.63) is 45.4 Å². The molecule has 0 saturated carbocycles. The Morgan fingerprint density at radius 1 is 0.833 bits per heavy atom. The van der Waals surface area contributed by atoms with E-state index >= 15 is 0 Å². The van der Waals surface area contributed by atoms with Crippen molar-refractivity contribution in [3.8, 4) is 11.1 Å². The molecular formula is C12H6Cl3N3. The highest BCUT2D eigenvalue weighted by atomic mass is 35.5. The molecule has 6 heteroatoms. The van der Waals surface area contributed by atoms with Crippen LogP contribution in [0, 0.1) is 0 Å². The van der Waals surface area contributed by atoms with E-state index in [9.17, 15) is 0 Å². The number of benzene rings is 2. The number of H-pyrrole nitrogens is 1. The number of fused-ring (bicyclic) bond motifs is 1. The summed E-state index contributed by atoms with van der Waals surface area (Å²) in [5.74, 6) is 0. The summed E-state index contributed by atoms with van der Waals surface area (Å²) in [6, 6.07) is 9.20. The normalized spacial score (nSPS) is 11.1. The SMILES string of the molecule is Clc1ccc(-c2cccc3n[nH]nc23)c(Cl)c1Cl. The van der Waals surface area contributed by atoms with Crippen LogP contribution in [0.5, 0.6) is 0 Å². The second kappa shape index (κ2) is 4.43. The van der Waals surface area contributed by atoms with Crippen LogP contribution in [-0.2, 0) is 0 Å². The van der Waals surface area contributed by atoms with Gasteiger partial charge in [-0.15, -0.1) is 0 Å². The molecule has 0 spiro atoms. The van der Waals surface area contributed by atoms with Crippen molar-refractivity contribution < 1.29 is 0 Å². The number of halogens is 3. The number of aromatic nitrogens is 3. The minimum Gasteiger partial charge on any atom is -0.197 e. The molecule has 0 aliphatic carbocycles. The van der Waals surface area contributed by atoms with Gasteiger partial charge < -0.3 is 0 Å². The molecule has 0 fully saturated rings. The zero-order valence-electron chi connectivity index (χ0n) is 8.92. The number of nitrogens with one attached hydrogen (secondary N) is 1. The Balaban J connectivity index is 2.33. The molecule has 90 valence electrons. The molecule has 0 bridgehead atoms.